The molecule has 0 aliphatic carbocycles. The average molecular weight is 443 g/mol. The van der Waals surface area contributed by atoms with Crippen molar-refractivity contribution in [2.45, 2.75) is 26.3 Å². The van der Waals surface area contributed by atoms with Crippen molar-refractivity contribution in [1.29, 1.82) is 0 Å². The largest absolute Gasteiger partial charge is 0.497 e. The molecule has 1 aliphatic rings. The summed E-state index contributed by atoms with van der Waals surface area (Å²) in [7, 11) is 1.61. The van der Waals surface area contributed by atoms with E-state index in [1.165, 1.54) is 5.01 Å². The lowest BCUT2D eigenvalue weighted by Crippen LogP contribution is -2.31. The van der Waals surface area contributed by atoms with Crippen molar-refractivity contribution >= 4 is 17.6 Å². The fraction of sp³-hybridized carbons (Fsp3) is 0.222. The van der Waals surface area contributed by atoms with E-state index in [-0.39, 0.29) is 18.6 Å². The van der Waals surface area contributed by atoms with E-state index in [2.05, 4.69) is 5.10 Å². The van der Waals surface area contributed by atoms with Crippen LogP contribution in [0.1, 0.15) is 45.1 Å². The topological polar surface area (TPSA) is 68.2 Å². The molecule has 0 N–H and O–H groups in total. The lowest BCUT2D eigenvalue weighted by Gasteiger charge is -2.22. The normalized spacial score (nSPS) is 15.2. The molecule has 0 bridgehead atoms. The second kappa shape index (κ2) is 9.69. The van der Waals surface area contributed by atoms with Crippen molar-refractivity contribution in [1.82, 2.24) is 5.01 Å². The van der Waals surface area contributed by atoms with E-state index in [1.54, 1.807) is 19.2 Å². The molecule has 168 valence electrons. The van der Waals surface area contributed by atoms with E-state index in [1.807, 2.05) is 74.5 Å². The van der Waals surface area contributed by atoms with Gasteiger partial charge in [-0.25, -0.2) is 9.80 Å². The first-order valence-electron chi connectivity index (χ1n) is 10.8. The Balaban J connectivity index is 1.53. The number of nitrogens with zero attached hydrogens (tertiary/aromatic N) is 2. The number of esters is 1. The van der Waals surface area contributed by atoms with Crippen LogP contribution in [0.25, 0.3) is 0 Å². The highest BCUT2D eigenvalue weighted by Crippen LogP contribution is 2.33. The van der Waals surface area contributed by atoms with Crippen molar-refractivity contribution in [3.63, 3.8) is 0 Å². The van der Waals surface area contributed by atoms with Gasteiger partial charge in [0.15, 0.2) is 6.61 Å². The number of carbonyl (C=O) groups is 2. The van der Waals surface area contributed by atoms with Crippen LogP contribution in [0.5, 0.6) is 5.75 Å². The Morgan fingerprint density at radius 3 is 2.36 bits per heavy atom. The zero-order chi connectivity index (χ0) is 23.4. The first kappa shape index (κ1) is 22.3. The summed E-state index contributed by atoms with van der Waals surface area (Å²) in [6.07, 6.45) is 0.563. The molecule has 0 saturated heterocycles. The fourth-order valence-corrected chi connectivity index (χ4v) is 3.78. The van der Waals surface area contributed by atoms with E-state index in [0.29, 0.717) is 12.0 Å². The zero-order valence-electron chi connectivity index (χ0n) is 18.9. The molecule has 1 aliphatic heterocycles. The van der Waals surface area contributed by atoms with Crippen LogP contribution in [-0.4, -0.2) is 36.3 Å². The molecular formula is C27H26N2O4. The van der Waals surface area contributed by atoms with Gasteiger partial charge in [0.25, 0.3) is 5.91 Å². The fourth-order valence-electron chi connectivity index (χ4n) is 3.78. The number of ether oxygens (including phenoxy) is 2. The Bertz CT molecular complexity index is 1190. The molecule has 1 heterocycles. The third-order valence-corrected chi connectivity index (χ3v) is 5.84. The summed E-state index contributed by atoms with van der Waals surface area (Å²) in [4.78, 5) is 25.6. The smallest absolute Gasteiger partial charge is 0.338 e. The number of aryl methyl sites for hydroxylation is 2. The summed E-state index contributed by atoms with van der Waals surface area (Å²) in [6, 6.07) is 22.4. The molecular weight excluding hydrogens is 416 g/mol. The lowest BCUT2D eigenvalue weighted by atomic mass is 9.98. The lowest BCUT2D eigenvalue weighted by molar-refractivity contribution is -0.136. The number of carbonyl (C=O) groups excluding carboxylic acids is 2. The van der Waals surface area contributed by atoms with Crippen molar-refractivity contribution in [3.05, 3.63) is 101 Å². The first-order valence-corrected chi connectivity index (χ1v) is 10.8. The van der Waals surface area contributed by atoms with Crippen LogP contribution in [0.4, 0.5) is 0 Å². The summed E-state index contributed by atoms with van der Waals surface area (Å²) >= 11 is 0. The van der Waals surface area contributed by atoms with Gasteiger partial charge in [0.2, 0.25) is 0 Å². The molecule has 0 spiro atoms. The number of hydrogen-bond donors (Lipinski definition) is 0. The third kappa shape index (κ3) is 4.95. The van der Waals surface area contributed by atoms with Crippen LogP contribution < -0.4 is 4.74 Å². The van der Waals surface area contributed by atoms with Gasteiger partial charge in [-0.2, -0.15) is 5.10 Å². The number of methoxy groups -OCH3 is 1. The van der Waals surface area contributed by atoms with E-state index in [9.17, 15) is 9.59 Å². The predicted octanol–water partition coefficient (Wildman–Crippen LogP) is 4.85. The minimum atomic E-state index is -0.529. The number of benzene rings is 3. The van der Waals surface area contributed by atoms with Gasteiger partial charge in [-0.1, -0.05) is 48.5 Å². The van der Waals surface area contributed by atoms with Crippen molar-refractivity contribution in [2.75, 3.05) is 13.7 Å². The quantitative estimate of drug-likeness (QED) is 0.512. The van der Waals surface area contributed by atoms with Gasteiger partial charge >= 0.3 is 5.97 Å². The Morgan fingerprint density at radius 1 is 0.970 bits per heavy atom. The summed E-state index contributed by atoms with van der Waals surface area (Å²) in [5.74, 6) is -0.168. The molecule has 0 saturated carbocycles. The van der Waals surface area contributed by atoms with E-state index in [0.717, 1.165) is 33.7 Å². The molecule has 33 heavy (non-hydrogen) atoms. The number of rotatable bonds is 6. The molecule has 0 fully saturated rings. The number of hydrogen-bond acceptors (Lipinski definition) is 5. The van der Waals surface area contributed by atoms with Gasteiger partial charge in [0.1, 0.15) is 5.75 Å². The van der Waals surface area contributed by atoms with Crippen molar-refractivity contribution in [3.8, 4) is 5.75 Å². The van der Waals surface area contributed by atoms with Crippen LogP contribution >= 0.6 is 0 Å². The standard InChI is InChI=1S/C27H26N2O4/c1-18-9-10-22(15-19(18)2)27(31)33-17-26(30)29-25(21-11-13-23(32-3)14-12-21)16-24(28-29)20-7-5-4-6-8-20/h4-15,25H,16-17H2,1-3H3. The van der Waals surface area contributed by atoms with E-state index in [4.69, 9.17) is 9.47 Å². The second-order valence-electron chi connectivity index (χ2n) is 8.02. The molecule has 1 amide bonds. The minimum Gasteiger partial charge on any atom is -0.497 e. The highest BCUT2D eigenvalue weighted by Gasteiger charge is 2.33. The monoisotopic (exact) mass is 442 g/mol. The maximum Gasteiger partial charge on any atom is 0.338 e. The molecule has 4 rings (SSSR count). The summed E-state index contributed by atoms with van der Waals surface area (Å²) in [5, 5.41) is 6.04. The Hall–Kier alpha value is -3.93. The highest BCUT2D eigenvalue weighted by molar-refractivity contribution is 6.03. The van der Waals surface area contributed by atoms with Gasteiger partial charge < -0.3 is 9.47 Å². The Morgan fingerprint density at radius 2 is 1.70 bits per heavy atom. The highest BCUT2D eigenvalue weighted by atomic mass is 16.5. The number of amides is 1. The van der Waals surface area contributed by atoms with Gasteiger partial charge in [-0.15, -0.1) is 0 Å². The SMILES string of the molecule is COc1ccc(C2CC(c3ccccc3)=NN2C(=O)COC(=O)c2ccc(C)c(C)c2)cc1. The Labute approximate surface area is 193 Å². The minimum absolute atomic E-state index is 0.293. The summed E-state index contributed by atoms with van der Waals surface area (Å²) in [6.45, 7) is 3.52. The molecule has 6 nitrogen and oxygen atoms in total. The van der Waals surface area contributed by atoms with Gasteiger partial charge in [-0.3, -0.25) is 4.79 Å². The molecule has 3 aromatic rings. The third-order valence-electron chi connectivity index (χ3n) is 5.84. The van der Waals surface area contributed by atoms with E-state index >= 15 is 0 Å². The molecule has 0 radical (unpaired) electrons. The van der Waals surface area contributed by atoms with Crippen LogP contribution in [0.15, 0.2) is 77.9 Å². The average Bonchev–Trinajstić information content (AvgIpc) is 3.30. The van der Waals surface area contributed by atoms with Crippen molar-refractivity contribution in [2.24, 2.45) is 5.10 Å². The van der Waals surface area contributed by atoms with E-state index < -0.39 is 5.97 Å². The van der Waals surface area contributed by atoms with Crippen LogP contribution in [0.2, 0.25) is 0 Å². The molecule has 0 aromatic heterocycles. The Kier molecular flexibility index (Phi) is 6.54. The van der Waals surface area contributed by atoms with Gasteiger partial charge in [-0.05, 0) is 60.4 Å². The first-order chi connectivity index (χ1) is 16.0. The molecule has 3 aromatic carbocycles. The summed E-state index contributed by atoms with van der Waals surface area (Å²) in [5.41, 5.74) is 5.20. The van der Waals surface area contributed by atoms with Gasteiger partial charge in [0, 0.05) is 6.42 Å². The maximum atomic E-state index is 13.1. The second-order valence-corrected chi connectivity index (χ2v) is 8.02. The van der Waals surface area contributed by atoms with Crippen LogP contribution in [-0.2, 0) is 9.53 Å². The molecule has 1 unspecified atom stereocenters. The number of hydrazone groups is 1. The molecule has 6 heteroatoms. The maximum absolute atomic E-state index is 13.1. The van der Waals surface area contributed by atoms with Gasteiger partial charge in [0.05, 0.1) is 24.4 Å². The predicted molar refractivity (Wildman–Crippen MR) is 126 cm³/mol. The van der Waals surface area contributed by atoms with Crippen LogP contribution in [0.3, 0.4) is 0 Å². The van der Waals surface area contributed by atoms with Crippen LogP contribution in [0, 0.1) is 13.8 Å². The zero-order valence-corrected chi connectivity index (χ0v) is 18.9. The summed E-state index contributed by atoms with van der Waals surface area (Å²) < 4.78 is 10.6. The molecule has 1 atom stereocenters. The van der Waals surface area contributed by atoms with Crippen molar-refractivity contribution < 1.29 is 19.1 Å².